The van der Waals surface area contributed by atoms with Crippen LogP contribution in [0.3, 0.4) is 0 Å². The maximum Gasteiger partial charge on any atom is 0.366 e. The van der Waals surface area contributed by atoms with Crippen molar-refractivity contribution in [1.29, 1.82) is 0 Å². The van der Waals surface area contributed by atoms with Crippen LogP contribution in [0.25, 0.3) is 0 Å². The highest BCUT2D eigenvalue weighted by atomic mass is 16.6. The molecule has 0 unspecified atom stereocenters. The minimum absolute atomic E-state index is 0.213. The van der Waals surface area contributed by atoms with Gasteiger partial charge in [0.15, 0.2) is 0 Å². The van der Waals surface area contributed by atoms with E-state index >= 15 is 0 Å². The number of esters is 1. The summed E-state index contributed by atoms with van der Waals surface area (Å²) in [4.78, 5) is 11.3. The first-order valence-corrected chi connectivity index (χ1v) is 10.1. The molecule has 1 aliphatic rings. The van der Waals surface area contributed by atoms with Crippen LogP contribution in [0.5, 0.6) is 0 Å². The SMILES string of the molecule is CCCCCCC=C[C@H]1C=C[C@H](C)[C@@H]1CC=C=C(C)CC(O)(O)C(=O)OC. The smallest absolute Gasteiger partial charge is 0.366 e. The zero-order valence-corrected chi connectivity index (χ0v) is 17.3. The number of hydrogen-bond donors (Lipinski definition) is 2. The first-order chi connectivity index (χ1) is 12.8. The lowest BCUT2D eigenvalue weighted by Gasteiger charge is -2.19. The van der Waals surface area contributed by atoms with Crippen molar-refractivity contribution >= 4 is 5.97 Å². The van der Waals surface area contributed by atoms with Crippen LogP contribution in [0.1, 0.15) is 65.7 Å². The van der Waals surface area contributed by atoms with Crippen molar-refractivity contribution in [2.75, 3.05) is 7.11 Å². The van der Waals surface area contributed by atoms with Crippen molar-refractivity contribution in [2.45, 2.75) is 71.5 Å². The Labute approximate surface area is 164 Å². The maximum atomic E-state index is 11.3. The molecule has 3 atom stereocenters. The minimum Gasteiger partial charge on any atom is -0.465 e. The Hall–Kier alpha value is -1.61. The third-order valence-corrected chi connectivity index (χ3v) is 5.15. The average Bonchev–Trinajstić information content (AvgIpc) is 2.97. The van der Waals surface area contributed by atoms with E-state index < -0.39 is 11.8 Å². The number of carbonyl (C=O) groups excluding carboxylic acids is 1. The summed E-state index contributed by atoms with van der Waals surface area (Å²) in [7, 11) is 1.13. The molecule has 152 valence electrons. The third-order valence-electron chi connectivity index (χ3n) is 5.15. The molecular weight excluding hydrogens is 340 g/mol. The van der Waals surface area contributed by atoms with Gasteiger partial charge in [0.1, 0.15) is 0 Å². The zero-order chi connectivity index (χ0) is 20.3. The molecule has 0 aliphatic heterocycles. The van der Waals surface area contributed by atoms with E-state index in [1.807, 2.05) is 6.08 Å². The number of aliphatic hydroxyl groups is 2. The van der Waals surface area contributed by atoms with Crippen molar-refractivity contribution < 1.29 is 19.7 Å². The van der Waals surface area contributed by atoms with E-state index in [2.05, 4.69) is 48.6 Å². The van der Waals surface area contributed by atoms with E-state index in [0.717, 1.165) is 20.0 Å². The predicted octanol–water partition coefficient (Wildman–Crippen LogP) is 4.69. The topological polar surface area (TPSA) is 66.8 Å². The van der Waals surface area contributed by atoms with Gasteiger partial charge in [-0.25, -0.2) is 4.79 Å². The summed E-state index contributed by atoms with van der Waals surface area (Å²) in [5.41, 5.74) is 3.69. The number of ether oxygens (including phenoxy) is 1. The largest absolute Gasteiger partial charge is 0.465 e. The summed E-state index contributed by atoms with van der Waals surface area (Å²) in [6.07, 6.45) is 18.1. The lowest BCUT2D eigenvalue weighted by atomic mass is 9.86. The fourth-order valence-electron chi connectivity index (χ4n) is 3.49. The first kappa shape index (κ1) is 23.4. The number of hydrogen-bond acceptors (Lipinski definition) is 4. The summed E-state index contributed by atoms with van der Waals surface area (Å²) in [5.74, 6) is -2.12. The molecule has 0 saturated carbocycles. The summed E-state index contributed by atoms with van der Waals surface area (Å²) in [6.45, 7) is 6.18. The molecule has 27 heavy (non-hydrogen) atoms. The molecule has 2 N–H and O–H groups in total. The van der Waals surface area contributed by atoms with Crippen molar-refractivity contribution in [2.24, 2.45) is 17.8 Å². The van der Waals surface area contributed by atoms with E-state index in [-0.39, 0.29) is 6.42 Å². The molecule has 0 saturated heterocycles. The standard InChI is InChI=1S/C23H36O4/c1-5-6-7-8-9-10-13-20-16-15-19(3)21(20)14-11-12-18(2)17-23(25,26)22(24)27-4/h10-11,13,15-16,19-21,25-26H,5-9,14,17H2,1-4H3/t12?,19-,20-,21-/m0/s1. The third kappa shape index (κ3) is 8.30. The second-order valence-corrected chi connectivity index (χ2v) is 7.61. The highest BCUT2D eigenvalue weighted by Gasteiger charge is 2.34. The van der Waals surface area contributed by atoms with Gasteiger partial charge in [0.05, 0.1) is 7.11 Å². The van der Waals surface area contributed by atoms with Gasteiger partial charge in [0.25, 0.3) is 5.79 Å². The van der Waals surface area contributed by atoms with E-state index in [1.54, 1.807) is 6.92 Å². The monoisotopic (exact) mass is 376 g/mol. The lowest BCUT2D eigenvalue weighted by Crippen LogP contribution is -2.39. The lowest BCUT2D eigenvalue weighted by molar-refractivity contribution is -0.206. The van der Waals surface area contributed by atoms with Gasteiger partial charge in [-0.2, -0.15) is 0 Å². The molecule has 4 nitrogen and oxygen atoms in total. The molecule has 4 heteroatoms. The van der Waals surface area contributed by atoms with Crippen LogP contribution in [0.2, 0.25) is 0 Å². The van der Waals surface area contributed by atoms with Crippen molar-refractivity contribution in [3.05, 3.63) is 41.7 Å². The van der Waals surface area contributed by atoms with Gasteiger partial charge in [-0.1, -0.05) is 57.4 Å². The molecule has 0 aromatic carbocycles. The predicted molar refractivity (Wildman–Crippen MR) is 109 cm³/mol. The number of allylic oxidation sites excluding steroid dienone is 4. The Kier molecular flexibility index (Phi) is 10.4. The van der Waals surface area contributed by atoms with Gasteiger partial charge in [-0.05, 0) is 55.6 Å². The average molecular weight is 377 g/mol. The van der Waals surface area contributed by atoms with E-state index in [1.165, 1.54) is 25.7 Å². The van der Waals surface area contributed by atoms with E-state index in [0.29, 0.717) is 23.3 Å². The number of rotatable bonds is 11. The fourth-order valence-corrected chi connectivity index (χ4v) is 3.49. The van der Waals surface area contributed by atoms with E-state index in [4.69, 9.17) is 0 Å². The Morgan fingerprint density at radius 3 is 2.67 bits per heavy atom. The Morgan fingerprint density at radius 2 is 2.00 bits per heavy atom. The van der Waals surface area contributed by atoms with Crippen LogP contribution >= 0.6 is 0 Å². The molecular formula is C23H36O4. The molecule has 0 fully saturated rings. The molecule has 0 heterocycles. The highest BCUT2D eigenvalue weighted by Crippen LogP contribution is 2.34. The highest BCUT2D eigenvalue weighted by molar-refractivity contribution is 5.77. The summed E-state index contributed by atoms with van der Waals surface area (Å²) < 4.78 is 4.39. The van der Waals surface area contributed by atoms with Crippen LogP contribution in [-0.4, -0.2) is 29.1 Å². The quantitative estimate of drug-likeness (QED) is 0.180. The number of carbonyl (C=O) groups is 1. The van der Waals surface area contributed by atoms with Gasteiger partial charge in [-0.15, -0.1) is 5.73 Å². The molecule has 0 radical (unpaired) electrons. The van der Waals surface area contributed by atoms with Gasteiger partial charge in [-0.3, -0.25) is 0 Å². The van der Waals surface area contributed by atoms with Crippen LogP contribution in [-0.2, 0) is 9.53 Å². The molecule has 0 bridgehead atoms. The van der Waals surface area contributed by atoms with Crippen molar-refractivity contribution in [3.8, 4) is 0 Å². The maximum absolute atomic E-state index is 11.3. The zero-order valence-electron chi connectivity index (χ0n) is 17.3. The number of methoxy groups -OCH3 is 1. The van der Waals surface area contributed by atoms with Gasteiger partial charge < -0.3 is 14.9 Å². The minimum atomic E-state index is -2.50. The van der Waals surface area contributed by atoms with Gasteiger partial charge >= 0.3 is 5.97 Å². The molecule has 0 aromatic rings. The van der Waals surface area contributed by atoms with Crippen LogP contribution in [0, 0.1) is 17.8 Å². The van der Waals surface area contributed by atoms with Gasteiger partial charge in [0.2, 0.25) is 0 Å². The second kappa shape index (κ2) is 12.0. The first-order valence-electron chi connectivity index (χ1n) is 10.1. The Morgan fingerprint density at radius 1 is 1.26 bits per heavy atom. The molecule has 1 aliphatic carbocycles. The van der Waals surface area contributed by atoms with Crippen molar-refractivity contribution in [1.82, 2.24) is 0 Å². The Balaban J connectivity index is 2.58. The Bertz CT molecular complexity index is 579. The van der Waals surface area contributed by atoms with Crippen LogP contribution in [0.4, 0.5) is 0 Å². The molecule has 0 spiro atoms. The van der Waals surface area contributed by atoms with E-state index in [9.17, 15) is 15.0 Å². The summed E-state index contributed by atoms with van der Waals surface area (Å²) >= 11 is 0. The molecule has 1 rings (SSSR count). The molecule has 0 amide bonds. The van der Waals surface area contributed by atoms with Crippen molar-refractivity contribution in [3.63, 3.8) is 0 Å². The summed E-state index contributed by atoms with van der Waals surface area (Å²) in [5, 5.41) is 19.4. The molecule has 0 aromatic heterocycles. The summed E-state index contributed by atoms with van der Waals surface area (Å²) in [6, 6.07) is 0. The fraction of sp³-hybridized carbons (Fsp3) is 0.652. The van der Waals surface area contributed by atoms with Crippen LogP contribution < -0.4 is 0 Å². The number of unbranched alkanes of at least 4 members (excludes halogenated alkanes) is 4. The van der Waals surface area contributed by atoms with Crippen LogP contribution in [0.15, 0.2) is 41.7 Å². The van der Waals surface area contributed by atoms with Gasteiger partial charge in [0, 0.05) is 6.42 Å². The second-order valence-electron chi connectivity index (χ2n) is 7.61. The normalized spacial score (nSPS) is 22.1.